The van der Waals surface area contributed by atoms with Gasteiger partial charge in [0.05, 0.1) is 5.69 Å². The van der Waals surface area contributed by atoms with E-state index in [2.05, 4.69) is 5.32 Å². The molecule has 3 nitrogen and oxygen atoms in total. The van der Waals surface area contributed by atoms with Gasteiger partial charge in [-0.1, -0.05) is 48.5 Å². The fraction of sp³-hybridized carbons (Fsp3) is 0. The Morgan fingerprint density at radius 2 is 1.59 bits per heavy atom. The summed E-state index contributed by atoms with van der Waals surface area (Å²) in [7, 11) is 0. The molecule has 88 valence electrons. The van der Waals surface area contributed by atoms with Crippen LogP contribution in [0.25, 0.3) is 11.1 Å². The zero-order valence-corrected chi connectivity index (χ0v) is 11.9. The number of anilines is 1. The maximum absolute atomic E-state index is 10.6. The molecular formula is C13H13NO2W. The number of carboxylic acid groups (broad SMARTS) is 1. The van der Waals surface area contributed by atoms with Crippen molar-refractivity contribution < 1.29 is 32.4 Å². The number of rotatable bonds is 2. The van der Waals surface area contributed by atoms with Crippen LogP contribution in [-0.4, -0.2) is 11.2 Å². The summed E-state index contributed by atoms with van der Waals surface area (Å²) in [6.45, 7) is 0. The van der Waals surface area contributed by atoms with E-state index in [1.807, 2.05) is 42.5 Å². The Kier molecular flexibility index (Phi) is 4.92. The summed E-state index contributed by atoms with van der Waals surface area (Å²) in [4.78, 5) is 10.6. The van der Waals surface area contributed by atoms with Crippen molar-refractivity contribution in [3.05, 3.63) is 54.6 Å². The molecule has 2 aromatic carbocycles. The molecule has 0 saturated carbocycles. The molecule has 2 N–H and O–H groups in total. The van der Waals surface area contributed by atoms with Gasteiger partial charge in [-0.25, -0.2) is 4.79 Å². The molecule has 0 unspecified atom stereocenters. The molecule has 0 aromatic heterocycles. The van der Waals surface area contributed by atoms with Gasteiger partial charge in [0.25, 0.3) is 0 Å². The van der Waals surface area contributed by atoms with Crippen molar-refractivity contribution in [3.8, 4) is 11.1 Å². The Bertz CT molecular complexity index is 505. The molecule has 17 heavy (non-hydrogen) atoms. The van der Waals surface area contributed by atoms with E-state index in [-0.39, 0.29) is 22.5 Å². The van der Waals surface area contributed by atoms with Crippen molar-refractivity contribution in [1.29, 1.82) is 0 Å². The van der Waals surface area contributed by atoms with Gasteiger partial charge in [0.2, 0.25) is 0 Å². The monoisotopic (exact) mass is 399 g/mol. The second kappa shape index (κ2) is 6.21. The predicted molar refractivity (Wildman–Crippen MR) is 65.6 cm³/mol. The first-order chi connectivity index (χ1) is 7.77. The summed E-state index contributed by atoms with van der Waals surface area (Å²) in [5.74, 6) is 0. The van der Waals surface area contributed by atoms with Crippen molar-refractivity contribution in [3.63, 3.8) is 0 Å². The van der Waals surface area contributed by atoms with E-state index in [0.717, 1.165) is 11.1 Å². The second-order valence-electron chi connectivity index (χ2n) is 3.34. The number of nitrogens with one attached hydrogen (secondary N) is 1. The van der Waals surface area contributed by atoms with Gasteiger partial charge in [0, 0.05) is 28.1 Å². The molecular weight excluding hydrogens is 386 g/mol. The fourth-order valence-corrected chi connectivity index (χ4v) is 1.58. The number of carbonyl (C=O) groups is 1. The Balaban J connectivity index is 0.00000144. The van der Waals surface area contributed by atoms with Crippen LogP contribution in [0.1, 0.15) is 1.43 Å². The second-order valence-corrected chi connectivity index (χ2v) is 3.34. The molecule has 2 rings (SSSR count). The van der Waals surface area contributed by atoms with Crippen molar-refractivity contribution in [2.75, 3.05) is 5.32 Å². The van der Waals surface area contributed by atoms with Crippen molar-refractivity contribution in [1.82, 2.24) is 0 Å². The SMILES string of the molecule is O=C(O)Nc1ccccc1-c1ccccc1.[HH].[W]. The Morgan fingerprint density at radius 1 is 1.00 bits per heavy atom. The van der Waals surface area contributed by atoms with E-state index in [1.165, 1.54) is 0 Å². The van der Waals surface area contributed by atoms with Crippen LogP contribution in [0.5, 0.6) is 0 Å². The van der Waals surface area contributed by atoms with Crippen LogP contribution >= 0.6 is 0 Å². The summed E-state index contributed by atoms with van der Waals surface area (Å²) in [6, 6.07) is 17.0. The molecule has 0 aliphatic heterocycles. The maximum atomic E-state index is 10.6. The average molecular weight is 399 g/mol. The van der Waals surface area contributed by atoms with Gasteiger partial charge < -0.3 is 5.11 Å². The van der Waals surface area contributed by atoms with Crippen molar-refractivity contribution in [2.24, 2.45) is 0 Å². The summed E-state index contributed by atoms with van der Waals surface area (Å²) >= 11 is 0. The van der Waals surface area contributed by atoms with E-state index in [1.54, 1.807) is 12.1 Å². The minimum atomic E-state index is -1.05. The normalized spacial score (nSPS) is 9.18. The predicted octanol–water partition coefficient (Wildman–Crippen LogP) is 3.69. The topological polar surface area (TPSA) is 49.3 Å². The summed E-state index contributed by atoms with van der Waals surface area (Å²) in [6.07, 6.45) is -1.05. The van der Waals surface area contributed by atoms with E-state index in [9.17, 15) is 4.79 Å². The Hall–Kier alpha value is -1.60. The smallest absolute Gasteiger partial charge is 0.409 e. The zero-order valence-electron chi connectivity index (χ0n) is 8.96. The third kappa shape index (κ3) is 3.43. The number of amides is 1. The van der Waals surface area contributed by atoms with Gasteiger partial charge in [0.15, 0.2) is 0 Å². The summed E-state index contributed by atoms with van der Waals surface area (Å²) in [5, 5.41) is 11.1. The molecule has 0 heterocycles. The first-order valence-corrected chi connectivity index (χ1v) is 4.92. The third-order valence-electron chi connectivity index (χ3n) is 2.25. The van der Waals surface area contributed by atoms with Crippen molar-refractivity contribution >= 4 is 11.8 Å². The minimum absolute atomic E-state index is 0. The van der Waals surface area contributed by atoms with Gasteiger partial charge in [-0.05, 0) is 11.6 Å². The number of para-hydroxylation sites is 1. The molecule has 4 heteroatoms. The van der Waals surface area contributed by atoms with E-state index in [4.69, 9.17) is 5.11 Å². The molecule has 2 aromatic rings. The maximum Gasteiger partial charge on any atom is 0.409 e. The van der Waals surface area contributed by atoms with Gasteiger partial charge in [0.1, 0.15) is 0 Å². The molecule has 0 atom stereocenters. The van der Waals surface area contributed by atoms with Crippen LogP contribution in [0, 0.1) is 0 Å². The number of hydrogen-bond donors (Lipinski definition) is 2. The third-order valence-corrected chi connectivity index (χ3v) is 2.25. The Morgan fingerprint density at radius 3 is 2.24 bits per heavy atom. The molecule has 0 saturated heterocycles. The molecule has 0 aliphatic rings. The quantitative estimate of drug-likeness (QED) is 0.810. The first-order valence-electron chi connectivity index (χ1n) is 4.92. The Labute approximate surface area is 115 Å². The van der Waals surface area contributed by atoms with Gasteiger partial charge in [-0.2, -0.15) is 0 Å². The first kappa shape index (κ1) is 13.5. The van der Waals surface area contributed by atoms with Crippen LogP contribution in [0.15, 0.2) is 54.6 Å². The molecule has 0 bridgehead atoms. The average Bonchev–Trinajstić information content (AvgIpc) is 2.30. The standard InChI is InChI=1S/C13H11NO2.W.H2/c15-13(16)14-12-9-5-4-8-11(12)10-6-2-1-3-7-10;;/h1-9,14H,(H,15,16);;1H. The van der Waals surface area contributed by atoms with E-state index < -0.39 is 6.09 Å². The number of hydrogen-bond acceptors (Lipinski definition) is 1. The van der Waals surface area contributed by atoms with Crippen LogP contribution in [0.2, 0.25) is 0 Å². The molecule has 0 spiro atoms. The zero-order chi connectivity index (χ0) is 11.4. The van der Waals surface area contributed by atoms with Crippen LogP contribution < -0.4 is 5.32 Å². The van der Waals surface area contributed by atoms with Crippen LogP contribution in [-0.2, 0) is 21.1 Å². The molecule has 0 aliphatic carbocycles. The fourth-order valence-electron chi connectivity index (χ4n) is 1.58. The van der Waals surface area contributed by atoms with Gasteiger partial charge >= 0.3 is 6.09 Å². The van der Waals surface area contributed by atoms with Crippen LogP contribution in [0.4, 0.5) is 10.5 Å². The molecule has 0 radical (unpaired) electrons. The van der Waals surface area contributed by atoms with Gasteiger partial charge in [-0.3, -0.25) is 5.32 Å². The van der Waals surface area contributed by atoms with Gasteiger partial charge in [-0.15, -0.1) is 0 Å². The van der Waals surface area contributed by atoms with Crippen LogP contribution in [0.3, 0.4) is 0 Å². The molecule has 0 fully saturated rings. The van der Waals surface area contributed by atoms with E-state index in [0.29, 0.717) is 5.69 Å². The summed E-state index contributed by atoms with van der Waals surface area (Å²) < 4.78 is 0. The minimum Gasteiger partial charge on any atom is -0.465 e. The largest absolute Gasteiger partial charge is 0.465 e. The molecule has 1 amide bonds. The van der Waals surface area contributed by atoms with Crippen molar-refractivity contribution in [2.45, 2.75) is 0 Å². The number of benzene rings is 2. The summed E-state index contributed by atoms with van der Waals surface area (Å²) in [5.41, 5.74) is 2.47. The van der Waals surface area contributed by atoms with E-state index >= 15 is 0 Å².